The lowest BCUT2D eigenvalue weighted by molar-refractivity contribution is 0.174. The van der Waals surface area contributed by atoms with E-state index in [1.807, 2.05) is 41.5 Å². The number of likely N-dealkylation sites (tertiary alicyclic amines) is 1. The molecule has 0 bridgehead atoms. The molecule has 7 heteroatoms. The second-order valence-electron chi connectivity index (χ2n) is 8.00. The maximum Gasteiger partial charge on any atom is 0.321 e. The molecule has 5 rings (SSSR count). The van der Waals surface area contributed by atoms with E-state index in [4.69, 9.17) is 4.74 Å². The number of amides is 2. The van der Waals surface area contributed by atoms with Crippen molar-refractivity contribution in [2.45, 2.75) is 23.3 Å². The lowest BCUT2D eigenvalue weighted by Crippen LogP contribution is -2.51. The highest BCUT2D eigenvalue weighted by Crippen LogP contribution is 2.44. The standard InChI is InChI=1S/C24H26N4O2S/c1-30-18-8-9-21-20(16-18)26-24(22-7-4-12-28(21)22)10-13-27(14-11-24)23(29)25-17-5-3-6-19(15-17)31-2/h3-9,12,15-16,26H,10-11,13-14H2,1-2H3,(H,25,29). The number of anilines is 2. The van der Waals surface area contributed by atoms with Crippen LogP contribution in [-0.4, -0.2) is 42.0 Å². The lowest BCUT2D eigenvalue weighted by Gasteiger charge is -2.46. The van der Waals surface area contributed by atoms with Gasteiger partial charge >= 0.3 is 6.03 Å². The third-order valence-electron chi connectivity index (χ3n) is 6.30. The number of thioether (sulfide) groups is 1. The number of hydrogen-bond acceptors (Lipinski definition) is 4. The summed E-state index contributed by atoms with van der Waals surface area (Å²) in [6, 6.07) is 18.3. The molecule has 1 spiro atoms. The number of benzene rings is 2. The monoisotopic (exact) mass is 434 g/mol. The zero-order valence-electron chi connectivity index (χ0n) is 17.7. The van der Waals surface area contributed by atoms with Gasteiger partial charge in [-0.3, -0.25) is 0 Å². The predicted octanol–water partition coefficient (Wildman–Crippen LogP) is 5.16. The van der Waals surface area contributed by atoms with Crippen molar-refractivity contribution in [1.29, 1.82) is 0 Å². The van der Waals surface area contributed by atoms with E-state index in [-0.39, 0.29) is 11.6 Å². The number of urea groups is 1. The average molecular weight is 435 g/mol. The van der Waals surface area contributed by atoms with Crippen molar-refractivity contribution in [2.75, 3.05) is 37.1 Å². The number of methoxy groups -OCH3 is 1. The quantitative estimate of drug-likeness (QED) is 0.559. The molecule has 31 heavy (non-hydrogen) atoms. The number of carbonyl (C=O) groups is 1. The first-order valence-corrected chi connectivity index (χ1v) is 11.7. The van der Waals surface area contributed by atoms with Crippen LogP contribution in [-0.2, 0) is 5.54 Å². The summed E-state index contributed by atoms with van der Waals surface area (Å²) in [5.41, 5.74) is 4.08. The van der Waals surface area contributed by atoms with Crippen molar-refractivity contribution in [3.63, 3.8) is 0 Å². The number of rotatable bonds is 3. The zero-order valence-corrected chi connectivity index (χ0v) is 18.5. The maximum absolute atomic E-state index is 12.9. The first kappa shape index (κ1) is 19.9. The van der Waals surface area contributed by atoms with E-state index in [0.717, 1.165) is 40.5 Å². The van der Waals surface area contributed by atoms with Gasteiger partial charge in [0.1, 0.15) is 5.75 Å². The Morgan fingerprint density at radius 2 is 1.97 bits per heavy atom. The average Bonchev–Trinajstić information content (AvgIpc) is 3.31. The van der Waals surface area contributed by atoms with Gasteiger partial charge in [-0.15, -0.1) is 11.8 Å². The van der Waals surface area contributed by atoms with Gasteiger partial charge in [-0.2, -0.15) is 0 Å². The van der Waals surface area contributed by atoms with E-state index in [0.29, 0.717) is 13.1 Å². The molecule has 0 atom stereocenters. The van der Waals surface area contributed by atoms with Gasteiger partial charge in [0, 0.05) is 41.6 Å². The number of fused-ring (bicyclic) bond motifs is 4. The Balaban J connectivity index is 1.34. The number of nitrogens with one attached hydrogen (secondary N) is 2. The first-order valence-electron chi connectivity index (χ1n) is 10.5. The Morgan fingerprint density at radius 1 is 1.13 bits per heavy atom. The normalized spacial score (nSPS) is 16.3. The maximum atomic E-state index is 12.9. The van der Waals surface area contributed by atoms with Crippen LogP contribution >= 0.6 is 11.8 Å². The van der Waals surface area contributed by atoms with E-state index < -0.39 is 0 Å². The van der Waals surface area contributed by atoms with Crippen LogP contribution in [0.5, 0.6) is 5.75 Å². The molecule has 2 amide bonds. The summed E-state index contributed by atoms with van der Waals surface area (Å²) in [4.78, 5) is 15.9. The highest BCUT2D eigenvalue weighted by atomic mass is 32.2. The van der Waals surface area contributed by atoms with E-state index >= 15 is 0 Å². The molecule has 0 unspecified atom stereocenters. The minimum atomic E-state index is -0.196. The third kappa shape index (κ3) is 3.53. The van der Waals surface area contributed by atoms with Gasteiger partial charge in [0.2, 0.25) is 0 Å². The molecular weight excluding hydrogens is 408 g/mol. The smallest absolute Gasteiger partial charge is 0.321 e. The molecule has 2 N–H and O–H groups in total. The van der Waals surface area contributed by atoms with Gasteiger partial charge in [-0.25, -0.2) is 4.79 Å². The molecule has 0 aliphatic carbocycles. The van der Waals surface area contributed by atoms with E-state index in [2.05, 4.69) is 45.7 Å². The molecular formula is C24H26N4O2S. The van der Waals surface area contributed by atoms with Crippen molar-refractivity contribution in [1.82, 2.24) is 9.47 Å². The highest BCUT2D eigenvalue weighted by Gasteiger charge is 2.42. The van der Waals surface area contributed by atoms with Crippen LogP contribution < -0.4 is 15.4 Å². The Hall–Kier alpha value is -3.06. The van der Waals surface area contributed by atoms with Crippen molar-refractivity contribution in [2.24, 2.45) is 0 Å². The summed E-state index contributed by atoms with van der Waals surface area (Å²) >= 11 is 1.67. The first-order chi connectivity index (χ1) is 15.1. The summed E-state index contributed by atoms with van der Waals surface area (Å²) in [6.45, 7) is 1.37. The van der Waals surface area contributed by atoms with Gasteiger partial charge in [0.05, 0.1) is 24.0 Å². The Kier molecular flexibility index (Phi) is 5.06. The van der Waals surface area contributed by atoms with Crippen LogP contribution in [0.15, 0.2) is 65.7 Å². The Bertz CT molecular complexity index is 1120. The molecule has 0 saturated carbocycles. The van der Waals surface area contributed by atoms with Gasteiger partial charge in [0.15, 0.2) is 0 Å². The Morgan fingerprint density at radius 3 is 2.74 bits per heavy atom. The fourth-order valence-corrected chi connectivity index (χ4v) is 5.09. The fraction of sp³-hybridized carbons (Fsp3) is 0.292. The number of hydrogen-bond donors (Lipinski definition) is 2. The number of nitrogens with zero attached hydrogens (tertiary/aromatic N) is 2. The van der Waals surface area contributed by atoms with Crippen molar-refractivity contribution in [3.8, 4) is 11.4 Å². The molecule has 2 aliphatic rings. The highest BCUT2D eigenvalue weighted by molar-refractivity contribution is 7.98. The van der Waals surface area contributed by atoms with Crippen LogP contribution in [0, 0.1) is 0 Å². The van der Waals surface area contributed by atoms with Gasteiger partial charge in [-0.1, -0.05) is 6.07 Å². The topological polar surface area (TPSA) is 58.5 Å². The third-order valence-corrected chi connectivity index (χ3v) is 7.03. The van der Waals surface area contributed by atoms with E-state index in [9.17, 15) is 4.79 Å². The van der Waals surface area contributed by atoms with Crippen LogP contribution in [0.3, 0.4) is 0 Å². The van der Waals surface area contributed by atoms with E-state index in [1.165, 1.54) is 5.69 Å². The predicted molar refractivity (Wildman–Crippen MR) is 126 cm³/mol. The molecule has 1 aromatic heterocycles. The minimum Gasteiger partial charge on any atom is -0.497 e. The molecule has 1 saturated heterocycles. The van der Waals surface area contributed by atoms with Crippen molar-refractivity contribution >= 4 is 29.2 Å². The Labute approximate surface area is 186 Å². The minimum absolute atomic E-state index is 0.0404. The lowest BCUT2D eigenvalue weighted by atomic mass is 9.82. The summed E-state index contributed by atoms with van der Waals surface area (Å²) in [7, 11) is 1.69. The number of piperidine rings is 1. The molecule has 160 valence electrons. The molecule has 1 fully saturated rings. The van der Waals surface area contributed by atoms with Crippen LogP contribution in [0.1, 0.15) is 18.5 Å². The molecule has 3 aromatic rings. The molecule has 0 radical (unpaired) electrons. The van der Waals surface area contributed by atoms with Gasteiger partial charge < -0.3 is 24.8 Å². The molecule has 6 nitrogen and oxygen atoms in total. The summed E-state index contributed by atoms with van der Waals surface area (Å²) < 4.78 is 7.69. The molecule has 3 heterocycles. The van der Waals surface area contributed by atoms with Crippen LogP contribution in [0.2, 0.25) is 0 Å². The molecule has 2 aromatic carbocycles. The summed E-state index contributed by atoms with van der Waals surface area (Å²) in [5, 5.41) is 6.85. The van der Waals surface area contributed by atoms with E-state index in [1.54, 1.807) is 18.9 Å². The number of carbonyl (C=O) groups excluding carboxylic acids is 1. The fourth-order valence-electron chi connectivity index (χ4n) is 4.63. The summed E-state index contributed by atoms with van der Waals surface area (Å²) in [5.74, 6) is 0.835. The number of ether oxygens (including phenoxy) is 1. The second-order valence-corrected chi connectivity index (χ2v) is 8.88. The van der Waals surface area contributed by atoms with Gasteiger partial charge in [0.25, 0.3) is 0 Å². The number of aromatic nitrogens is 1. The SMILES string of the molecule is COc1ccc2c(c1)NC1(CCN(C(=O)Nc3cccc(SC)c3)CC1)c1cccn1-2. The van der Waals surface area contributed by atoms with Crippen molar-refractivity contribution < 1.29 is 9.53 Å². The van der Waals surface area contributed by atoms with Crippen molar-refractivity contribution in [3.05, 3.63) is 66.5 Å². The van der Waals surface area contributed by atoms with Crippen LogP contribution in [0.4, 0.5) is 16.2 Å². The molecule has 2 aliphatic heterocycles. The van der Waals surface area contributed by atoms with Gasteiger partial charge in [-0.05, 0) is 61.6 Å². The zero-order chi connectivity index (χ0) is 21.4. The largest absolute Gasteiger partial charge is 0.497 e. The van der Waals surface area contributed by atoms with Crippen LogP contribution in [0.25, 0.3) is 5.69 Å². The summed E-state index contributed by atoms with van der Waals surface area (Å²) in [6.07, 6.45) is 5.82. The second kappa shape index (κ2) is 7.89.